The van der Waals surface area contributed by atoms with E-state index >= 15 is 0 Å². The number of anilines is 1. The van der Waals surface area contributed by atoms with Gasteiger partial charge in [0.2, 0.25) is 0 Å². The van der Waals surface area contributed by atoms with Crippen molar-refractivity contribution in [1.82, 2.24) is 15.3 Å². The van der Waals surface area contributed by atoms with E-state index in [2.05, 4.69) is 15.3 Å². The summed E-state index contributed by atoms with van der Waals surface area (Å²) in [5.41, 5.74) is 6.33. The lowest BCUT2D eigenvalue weighted by Gasteiger charge is -2.22. The predicted molar refractivity (Wildman–Crippen MR) is 76.5 cm³/mol. The maximum absolute atomic E-state index is 12.1. The third-order valence-electron chi connectivity index (χ3n) is 3.33. The molecule has 1 aromatic heterocycles. The Morgan fingerprint density at radius 1 is 1.55 bits per heavy atom. The highest BCUT2D eigenvalue weighted by Gasteiger charge is 2.18. The Morgan fingerprint density at radius 3 is 3.00 bits per heavy atom. The van der Waals surface area contributed by atoms with Crippen molar-refractivity contribution in [1.29, 1.82) is 0 Å². The van der Waals surface area contributed by atoms with Crippen LogP contribution in [0.4, 0.5) is 5.69 Å². The van der Waals surface area contributed by atoms with Crippen molar-refractivity contribution in [3.05, 3.63) is 17.7 Å². The normalized spacial score (nSPS) is 19.1. The van der Waals surface area contributed by atoms with Crippen LogP contribution >= 0.6 is 0 Å². The topological polar surface area (TPSA) is 90.1 Å². The Balaban J connectivity index is 1.99. The number of nitrogens with two attached hydrogens (primary N) is 1. The molecule has 1 aliphatic rings. The van der Waals surface area contributed by atoms with E-state index in [1.807, 2.05) is 13.8 Å². The fourth-order valence-corrected chi connectivity index (χ4v) is 2.12. The second-order valence-electron chi connectivity index (χ2n) is 5.39. The molecule has 1 aromatic rings. The highest BCUT2D eigenvalue weighted by molar-refractivity contribution is 5.96. The molecule has 0 radical (unpaired) electrons. The molecule has 1 unspecified atom stereocenters. The van der Waals surface area contributed by atoms with Gasteiger partial charge in [0, 0.05) is 19.1 Å². The van der Waals surface area contributed by atoms with Gasteiger partial charge in [-0.2, -0.15) is 0 Å². The Hall–Kier alpha value is -1.69. The van der Waals surface area contributed by atoms with Gasteiger partial charge in [-0.15, -0.1) is 0 Å². The van der Waals surface area contributed by atoms with E-state index in [-0.39, 0.29) is 23.6 Å². The number of ether oxygens (including phenoxy) is 1. The van der Waals surface area contributed by atoms with Gasteiger partial charge in [-0.05, 0) is 19.3 Å². The summed E-state index contributed by atoms with van der Waals surface area (Å²) in [4.78, 5) is 20.5. The molecule has 0 aromatic carbocycles. The molecule has 1 atom stereocenters. The average molecular weight is 278 g/mol. The monoisotopic (exact) mass is 278 g/mol. The van der Waals surface area contributed by atoms with E-state index < -0.39 is 0 Å². The molecule has 110 valence electrons. The molecule has 1 fully saturated rings. The number of amides is 1. The van der Waals surface area contributed by atoms with Gasteiger partial charge in [0.05, 0.1) is 18.0 Å². The molecular weight excluding hydrogens is 256 g/mol. The van der Waals surface area contributed by atoms with Crippen LogP contribution in [0.25, 0.3) is 0 Å². The summed E-state index contributed by atoms with van der Waals surface area (Å²) in [6, 6.07) is 0. The summed E-state index contributed by atoms with van der Waals surface area (Å²) < 4.78 is 5.58. The van der Waals surface area contributed by atoms with Crippen molar-refractivity contribution in [2.24, 2.45) is 0 Å². The summed E-state index contributed by atoms with van der Waals surface area (Å²) in [7, 11) is 0. The summed E-state index contributed by atoms with van der Waals surface area (Å²) in [5, 5.41) is 2.84. The molecule has 3 N–H and O–H groups in total. The zero-order chi connectivity index (χ0) is 14.5. The smallest absolute Gasteiger partial charge is 0.272 e. The van der Waals surface area contributed by atoms with Crippen LogP contribution in [0.5, 0.6) is 0 Å². The molecule has 2 heterocycles. The van der Waals surface area contributed by atoms with E-state index in [1.165, 1.54) is 6.20 Å². The molecule has 2 rings (SSSR count). The number of hydrogen-bond acceptors (Lipinski definition) is 5. The second-order valence-corrected chi connectivity index (χ2v) is 5.39. The van der Waals surface area contributed by atoms with Gasteiger partial charge in [-0.25, -0.2) is 9.97 Å². The van der Waals surface area contributed by atoms with Crippen molar-refractivity contribution in [3.8, 4) is 0 Å². The van der Waals surface area contributed by atoms with Crippen LogP contribution < -0.4 is 11.1 Å². The van der Waals surface area contributed by atoms with E-state index in [0.29, 0.717) is 18.1 Å². The van der Waals surface area contributed by atoms with Crippen LogP contribution in [0.3, 0.4) is 0 Å². The Bertz CT molecular complexity index is 470. The lowest BCUT2D eigenvalue weighted by atomic mass is 10.1. The Kier molecular flexibility index (Phi) is 4.89. The lowest BCUT2D eigenvalue weighted by Crippen LogP contribution is -2.36. The second kappa shape index (κ2) is 6.65. The first-order chi connectivity index (χ1) is 9.58. The van der Waals surface area contributed by atoms with Crippen LogP contribution in [0.15, 0.2) is 6.20 Å². The maximum Gasteiger partial charge on any atom is 0.272 e. The van der Waals surface area contributed by atoms with Crippen LogP contribution in [0, 0.1) is 0 Å². The molecule has 0 spiro atoms. The van der Waals surface area contributed by atoms with Gasteiger partial charge in [0.15, 0.2) is 5.69 Å². The summed E-state index contributed by atoms with van der Waals surface area (Å²) in [5.74, 6) is 0.517. The summed E-state index contributed by atoms with van der Waals surface area (Å²) in [6.45, 7) is 5.22. The van der Waals surface area contributed by atoms with Crippen molar-refractivity contribution >= 4 is 11.6 Å². The molecule has 0 saturated carbocycles. The maximum atomic E-state index is 12.1. The Morgan fingerprint density at radius 2 is 2.35 bits per heavy atom. The predicted octanol–water partition coefficient (Wildman–Crippen LogP) is 1.48. The molecule has 1 amide bonds. The highest BCUT2D eigenvalue weighted by Crippen LogP contribution is 2.14. The van der Waals surface area contributed by atoms with E-state index in [9.17, 15) is 4.79 Å². The molecule has 6 heteroatoms. The van der Waals surface area contributed by atoms with Gasteiger partial charge in [-0.3, -0.25) is 4.79 Å². The van der Waals surface area contributed by atoms with Gasteiger partial charge >= 0.3 is 0 Å². The standard InChI is InChI=1S/C14H22N4O2/c1-9(2)13-16-8-11(15)12(18-13)14(19)17-7-10-5-3-4-6-20-10/h8-10H,3-7,15H2,1-2H3,(H,17,19). The molecule has 0 bridgehead atoms. The molecule has 20 heavy (non-hydrogen) atoms. The number of hydrogen-bond donors (Lipinski definition) is 2. The molecule has 1 saturated heterocycles. The number of nitrogens with zero attached hydrogens (tertiary/aromatic N) is 2. The fourth-order valence-electron chi connectivity index (χ4n) is 2.12. The molecule has 1 aliphatic heterocycles. The largest absolute Gasteiger partial charge is 0.396 e. The Labute approximate surface area is 119 Å². The van der Waals surface area contributed by atoms with E-state index in [1.54, 1.807) is 0 Å². The first-order valence-electron chi connectivity index (χ1n) is 7.10. The zero-order valence-corrected chi connectivity index (χ0v) is 12.1. The minimum Gasteiger partial charge on any atom is -0.396 e. The van der Waals surface area contributed by atoms with Crippen LogP contribution in [0.1, 0.15) is 55.3 Å². The average Bonchev–Trinajstić information content (AvgIpc) is 2.46. The van der Waals surface area contributed by atoms with Crippen molar-refractivity contribution in [3.63, 3.8) is 0 Å². The summed E-state index contributed by atoms with van der Waals surface area (Å²) >= 11 is 0. The lowest BCUT2D eigenvalue weighted by molar-refractivity contribution is 0.0168. The minimum atomic E-state index is -0.263. The number of rotatable bonds is 4. The number of nitrogens with one attached hydrogen (secondary N) is 1. The van der Waals surface area contributed by atoms with Gasteiger partial charge in [-0.1, -0.05) is 13.8 Å². The molecular formula is C14H22N4O2. The van der Waals surface area contributed by atoms with Gasteiger partial charge in [0.1, 0.15) is 5.82 Å². The van der Waals surface area contributed by atoms with Crippen LogP contribution in [0.2, 0.25) is 0 Å². The van der Waals surface area contributed by atoms with E-state index in [4.69, 9.17) is 10.5 Å². The highest BCUT2D eigenvalue weighted by atomic mass is 16.5. The first kappa shape index (κ1) is 14.7. The third-order valence-corrected chi connectivity index (χ3v) is 3.33. The first-order valence-corrected chi connectivity index (χ1v) is 7.10. The van der Waals surface area contributed by atoms with Crippen molar-refractivity contribution in [2.45, 2.75) is 45.1 Å². The SMILES string of the molecule is CC(C)c1ncc(N)c(C(=O)NCC2CCCCO2)n1. The van der Waals surface area contributed by atoms with E-state index in [0.717, 1.165) is 25.9 Å². The van der Waals surface area contributed by atoms with Crippen LogP contribution in [-0.4, -0.2) is 35.1 Å². The third kappa shape index (κ3) is 3.66. The molecule has 6 nitrogen and oxygen atoms in total. The van der Waals surface area contributed by atoms with Crippen molar-refractivity contribution in [2.75, 3.05) is 18.9 Å². The number of nitrogen functional groups attached to an aromatic ring is 1. The summed E-state index contributed by atoms with van der Waals surface area (Å²) in [6.07, 6.45) is 4.82. The zero-order valence-electron chi connectivity index (χ0n) is 12.1. The van der Waals surface area contributed by atoms with Gasteiger partial charge in [0.25, 0.3) is 5.91 Å². The number of carbonyl (C=O) groups is 1. The molecule has 0 aliphatic carbocycles. The quantitative estimate of drug-likeness (QED) is 0.870. The number of aromatic nitrogens is 2. The van der Waals surface area contributed by atoms with Gasteiger partial charge < -0.3 is 15.8 Å². The fraction of sp³-hybridized carbons (Fsp3) is 0.643. The minimum absolute atomic E-state index is 0.0975. The van der Waals surface area contributed by atoms with Crippen LogP contribution in [-0.2, 0) is 4.74 Å². The van der Waals surface area contributed by atoms with Crippen molar-refractivity contribution < 1.29 is 9.53 Å². The number of carbonyl (C=O) groups excluding carboxylic acids is 1.